The minimum absolute atomic E-state index is 0.00143. The minimum atomic E-state index is -3.77. The van der Waals surface area contributed by atoms with Crippen molar-refractivity contribution in [3.8, 4) is 5.75 Å². The van der Waals surface area contributed by atoms with Crippen LogP contribution >= 0.6 is 0 Å². The van der Waals surface area contributed by atoms with Gasteiger partial charge in [-0.05, 0) is 55.8 Å². The zero-order valence-electron chi connectivity index (χ0n) is 19.1. The van der Waals surface area contributed by atoms with E-state index < -0.39 is 22.0 Å². The maximum atomic E-state index is 12.9. The van der Waals surface area contributed by atoms with Crippen molar-refractivity contribution in [3.63, 3.8) is 0 Å². The van der Waals surface area contributed by atoms with E-state index in [1.54, 1.807) is 48.5 Å². The number of sulfonamides is 1. The Morgan fingerprint density at radius 1 is 0.912 bits per heavy atom. The molecule has 3 rings (SSSR count). The summed E-state index contributed by atoms with van der Waals surface area (Å²) in [5.74, 6) is -0.198. The van der Waals surface area contributed by atoms with Crippen LogP contribution in [-0.4, -0.2) is 33.4 Å². The Morgan fingerprint density at radius 3 is 2.18 bits per heavy atom. The second-order valence-corrected chi connectivity index (χ2v) is 9.49. The number of hydrogen-bond acceptors (Lipinski definition) is 6. The zero-order chi connectivity index (χ0) is 24.6. The van der Waals surface area contributed by atoms with Crippen LogP contribution in [0.4, 0.5) is 0 Å². The number of benzene rings is 3. The fraction of sp³-hybridized carbons (Fsp3) is 0.231. The molecule has 0 bridgehead atoms. The average Bonchev–Trinajstić information content (AvgIpc) is 2.83. The van der Waals surface area contributed by atoms with Crippen LogP contribution in [0.2, 0.25) is 0 Å². The highest BCUT2D eigenvalue weighted by Crippen LogP contribution is 2.21. The van der Waals surface area contributed by atoms with E-state index in [2.05, 4.69) is 4.72 Å². The molecule has 0 heterocycles. The number of rotatable bonds is 11. The van der Waals surface area contributed by atoms with Gasteiger partial charge in [-0.25, -0.2) is 17.9 Å². The van der Waals surface area contributed by atoms with Gasteiger partial charge < -0.3 is 9.47 Å². The molecule has 7 nitrogen and oxygen atoms in total. The van der Waals surface area contributed by atoms with Crippen molar-refractivity contribution in [2.75, 3.05) is 13.2 Å². The summed E-state index contributed by atoms with van der Waals surface area (Å²) in [6.07, 6.45) is 0.244. The van der Waals surface area contributed by atoms with Gasteiger partial charge in [0, 0.05) is 12.0 Å². The van der Waals surface area contributed by atoms with E-state index in [0.29, 0.717) is 11.3 Å². The van der Waals surface area contributed by atoms with Crippen LogP contribution < -0.4 is 9.46 Å². The van der Waals surface area contributed by atoms with Gasteiger partial charge in [-0.1, -0.05) is 48.0 Å². The lowest BCUT2D eigenvalue weighted by molar-refractivity contribution is -0.146. The number of carbonyl (C=O) groups is 2. The number of ether oxygens (including phenoxy) is 2. The van der Waals surface area contributed by atoms with Crippen molar-refractivity contribution in [3.05, 3.63) is 95.6 Å². The molecule has 178 valence electrons. The Bertz CT molecular complexity index is 1210. The molecule has 34 heavy (non-hydrogen) atoms. The maximum Gasteiger partial charge on any atom is 0.344 e. The number of carbonyl (C=O) groups excluding carboxylic acids is 2. The maximum absolute atomic E-state index is 12.9. The Balaban J connectivity index is 1.57. The van der Waals surface area contributed by atoms with Gasteiger partial charge in [0.2, 0.25) is 10.0 Å². The van der Waals surface area contributed by atoms with E-state index in [0.717, 1.165) is 11.1 Å². The fourth-order valence-electron chi connectivity index (χ4n) is 3.21. The van der Waals surface area contributed by atoms with Crippen molar-refractivity contribution < 1.29 is 27.5 Å². The van der Waals surface area contributed by atoms with Gasteiger partial charge in [0.25, 0.3) is 0 Å². The predicted molar refractivity (Wildman–Crippen MR) is 128 cm³/mol. The van der Waals surface area contributed by atoms with E-state index in [1.807, 2.05) is 37.3 Å². The van der Waals surface area contributed by atoms with Crippen molar-refractivity contribution in [1.82, 2.24) is 4.72 Å². The largest absolute Gasteiger partial charge is 0.482 e. The molecule has 0 saturated carbocycles. The Labute approximate surface area is 199 Å². The highest BCUT2D eigenvalue weighted by Gasteiger charge is 2.22. The van der Waals surface area contributed by atoms with Gasteiger partial charge in [0.05, 0.1) is 17.5 Å². The predicted octanol–water partition coefficient (Wildman–Crippen LogP) is 4.23. The smallest absolute Gasteiger partial charge is 0.344 e. The van der Waals surface area contributed by atoms with Gasteiger partial charge in [-0.2, -0.15) is 0 Å². The first-order valence-corrected chi connectivity index (χ1v) is 12.3. The first-order valence-electron chi connectivity index (χ1n) is 10.8. The lowest BCUT2D eigenvalue weighted by Gasteiger charge is -2.19. The Kier molecular flexibility index (Phi) is 8.56. The third-order valence-electron chi connectivity index (χ3n) is 5.12. The molecule has 0 aliphatic rings. The summed E-state index contributed by atoms with van der Waals surface area (Å²) in [5, 5.41) is 0. The molecule has 0 aliphatic carbocycles. The molecule has 8 heteroatoms. The molecule has 1 atom stereocenters. The van der Waals surface area contributed by atoms with E-state index in [9.17, 15) is 18.0 Å². The Hall–Kier alpha value is -3.49. The monoisotopic (exact) mass is 481 g/mol. The lowest BCUT2D eigenvalue weighted by atomic mass is 10.1. The summed E-state index contributed by atoms with van der Waals surface area (Å²) < 4.78 is 39.1. The molecule has 3 aromatic carbocycles. The van der Waals surface area contributed by atoms with Crippen LogP contribution in [0.1, 0.15) is 40.9 Å². The molecule has 0 aromatic heterocycles. The first kappa shape index (κ1) is 25.1. The number of Topliss-reactive ketones (excluding diaryl/α,β-unsaturated/α-hetero) is 1. The van der Waals surface area contributed by atoms with E-state index in [4.69, 9.17) is 9.47 Å². The number of aryl methyl sites for hydroxylation is 1. The van der Waals surface area contributed by atoms with Gasteiger partial charge in [-0.15, -0.1) is 0 Å². The molecular formula is C26H27NO6S. The highest BCUT2D eigenvalue weighted by atomic mass is 32.2. The number of nitrogens with one attached hydrogen (secondary N) is 1. The summed E-state index contributed by atoms with van der Waals surface area (Å²) in [6, 6.07) is 21.6. The van der Waals surface area contributed by atoms with E-state index in [-0.39, 0.29) is 30.3 Å². The summed E-state index contributed by atoms with van der Waals surface area (Å²) in [6.45, 7) is 3.05. The van der Waals surface area contributed by atoms with Crippen molar-refractivity contribution in [1.29, 1.82) is 0 Å². The van der Waals surface area contributed by atoms with E-state index in [1.165, 1.54) is 6.92 Å². The second kappa shape index (κ2) is 11.6. The normalized spacial score (nSPS) is 12.1. The molecule has 3 aromatic rings. The van der Waals surface area contributed by atoms with Crippen LogP contribution in [0, 0.1) is 6.92 Å². The standard InChI is InChI=1S/C26H27NO6S/c1-19-8-14-24(15-9-19)34(30,31)27-25(22-6-4-3-5-7-22)16-17-32-26(29)18-33-23-12-10-21(11-13-23)20(2)28/h3-15,25,27H,16-18H2,1-2H3. The molecule has 0 fully saturated rings. The lowest BCUT2D eigenvalue weighted by Crippen LogP contribution is -2.30. The second-order valence-electron chi connectivity index (χ2n) is 7.78. The van der Waals surface area contributed by atoms with Gasteiger partial charge in [-0.3, -0.25) is 4.79 Å². The number of hydrogen-bond donors (Lipinski definition) is 1. The van der Waals surface area contributed by atoms with Gasteiger partial charge in [0.1, 0.15) is 5.75 Å². The highest BCUT2D eigenvalue weighted by molar-refractivity contribution is 7.89. The topological polar surface area (TPSA) is 98.8 Å². The van der Waals surface area contributed by atoms with Crippen molar-refractivity contribution in [2.45, 2.75) is 31.2 Å². The Morgan fingerprint density at radius 2 is 1.56 bits per heavy atom. The third kappa shape index (κ3) is 7.26. The van der Waals surface area contributed by atoms with Crippen LogP contribution in [0.15, 0.2) is 83.8 Å². The molecule has 0 radical (unpaired) electrons. The molecule has 1 N–H and O–H groups in total. The molecule has 0 saturated heterocycles. The van der Waals surface area contributed by atoms with Crippen LogP contribution in [0.25, 0.3) is 0 Å². The zero-order valence-corrected chi connectivity index (χ0v) is 19.9. The molecule has 0 amide bonds. The average molecular weight is 482 g/mol. The number of ketones is 1. The van der Waals surface area contributed by atoms with Crippen molar-refractivity contribution >= 4 is 21.8 Å². The summed E-state index contributed by atoms with van der Waals surface area (Å²) in [5.41, 5.74) is 2.27. The third-order valence-corrected chi connectivity index (χ3v) is 6.61. The molecule has 0 aliphatic heterocycles. The summed E-state index contributed by atoms with van der Waals surface area (Å²) in [7, 11) is -3.77. The van der Waals surface area contributed by atoms with Crippen LogP contribution in [0.3, 0.4) is 0 Å². The SMILES string of the molecule is CC(=O)c1ccc(OCC(=O)OCCC(NS(=O)(=O)c2ccc(C)cc2)c2ccccc2)cc1. The number of esters is 1. The minimum Gasteiger partial charge on any atom is -0.482 e. The first-order chi connectivity index (χ1) is 16.2. The van der Waals surface area contributed by atoms with Gasteiger partial charge in [0.15, 0.2) is 12.4 Å². The summed E-state index contributed by atoms with van der Waals surface area (Å²) in [4.78, 5) is 23.6. The summed E-state index contributed by atoms with van der Waals surface area (Å²) >= 11 is 0. The molecule has 0 spiro atoms. The van der Waals surface area contributed by atoms with Crippen LogP contribution in [-0.2, 0) is 19.6 Å². The quantitative estimate of drug-likeness (QED) is 0.325. The van der Waals surface area contributed by atoms with Crippen LogP contribution in [0.5, 0.6) is 5.75 Å². The molecular weight excluding hydrogens is 454 g/mol. The van der Waals surface area contributed by atoms with Gasteiger partial charge >= 0.3 is 5.97 Å². The van der Waals surface area contributed by atoms with E-state index >= 15 is 0 Å². The molecule has 1 unspecified atom stereocenters. The fourth-order valence-corrected chi connectivity index (χ4v) is 4.47. The van der Waals surface area contributed by atoms with Crippen molar-refractivity contribution in [2.24, 2.45) is 0 Å².